The summed E-state index contributed by atoms with van der Waals surface area (Å²) in [6.45, 7) is 1.16. The first-order valence-electron chi connectivity index (χ1n) is 9.34. The van der Waals surface area contributed by atoms with Crippen molar-refractivity contribution in [2.75, 3.05) is 18.6 Å². The lowest BCUT2D eigenvalue weighted by Gasteiger charge is -2.16. The third kappa shape index (κ3) is 6.38. The maximum atomic E-state index is 12.3. The highest BCUT2D eigenvalue weighted by atomic mass is 32.2. The van der Waals surface area contributed by atoms with Crippen LogP contribution in [0.25, 0.3) is 0 Å². The van der Waals surface area contributed by atoms with Gasteiger partial charge in [-0.15, -0.1) is 5.10 Å². The summed E-state index contributed by atoms with van der Waals surface area (Å²) in [4.78, 5) is 23.3. The fourth-order valence-electron chi connectivity index (χ4n) is 3.09. The molecule has 1 aromatic heterocycles. The molecule has 2 aromatic rings. The SMILES string of the molecule is CS(=N)(=O)CCc1cn(CC2(CNC(=O)Cc3cccc(C(=O)O)c3)CC2)nn1. The molecule has 1 unspecified atom stereocenters. The first-order valence-corrected chi connectivity index (χ1v) is 11.5. The number of carbonyl (C=O) groups excluding carboxylic acids is 1. The average Bonchev–Trinajstić information content (AvgIpc) is 3.26. The van der Waals surface area contributed by atoms with Gasteiger partial charge in [-0.3, -0.25) is 18.5 Å². The van der Waals surface area contributed by atoms with Crippen LogP contribution in [0.4, 0.5) is 0 Å². The van der Waals surface area contributed by atoms with Crippen molar-refractivity contribution in [1.82, 2.24) is 20.3 Å². The van der Waals surface area contributed by atoms with Crippen LogP contribution in [0.2, 0.25) is 0 Å². The fourth-order valence-corrected chi connectivity index (χ4v) is 3.69. The van der Waals surface area contributed by atoms with E-state index in [4.69, 9.17) is 9.89 Å². The molecule has 1 fully saturated rings. The van der Waals surface area contributed by atoms with Crippen molar-refractivity contribution in [3.63, 3.8) is 0 Å². The number of hydrogen-bond donors (Lipinski definition) is 3. The first-order chi connectivity index (χ1) is 13.6. The number of benzene rings is 1. The minimum atomic E-state index is -2.54. The smallest absolute Gasteiger partial charge is 0.335 e. The lowest BCUT2D eigenvalue weighted by atomic mass is 10.1. The predicted octanol–water partition coefficient (Wildman–Crippen LogP) is 1.33. The Kier molecular flexibility index (Phi) is 6.02. The van der Waals surface area contributed by atoms with Gasteiger partial charge in [-0.2, -0.15) is 0 Å². The van der Waals surface area contributed by atoms with Gasteiger partial charge in [-0.05, 0) is 30.5 Å². The molecule has 9 nitrogen and oxygen atoms in total. The van der Waals surface area contributed by atoms with E-state index in [0.29, 0.717) is 30.8 Å². The van der Waals surface area contributed by atoms with Crippen LogP contribution in [0.3, 0.4) is 0 Å². The maximum absolute atomic E-state index is 12.3. The van der Waals surface area contributed by atoms with E-state index in [0.717, 1.165) is 12.8 Å². The number of carboxylic acids is 1. The number of rotatable bonds is 10. The summed E-state index contributed by atoms with van der Waals surface area (Å²) in [5, 5.41) is 20.2. The van der Waals surface area contributed by atoms with E-state index >= 15 is 0 Å². The summed E-state index contributed by atoms with van der Waals surface area (Å²) in [5.74, 6) is -0.901. The molecule has 3 rings (SSSR count). The van der Waals surface area contributed by atoms with Gasteiger partial charge in [0.2, 0.25) is 5.91 Å². The molecule has 0 radical (unpaired) electrons. The van der Waals surface area contributed by atoms with Gasteiger partial charge in [0, 0.05) is 52.9 Å². The highest BCUT2D eigenvalue weighted by Crippen LogP contribution is 2.46. The second-order valence-corrected chi connectivity index (χ2v) is 10.2. The van der Waals surface area contributed by atoms with Gasteiger partial charge in [-0.1, -0.05) is 17.3 Å². The molecule has 1 saturated carbocycles. The lowest BCUT2D eigenvalue weighted by Crippen LogP contribution is -2.33. The van der Waals surface area contributed by atoms with E-state index in [-0.39, 0.29) is 29.1 Å². The summed E-state index contributed by atoms with van der Waals surface area (Å²) < 4.78 is 20.7. The Labute approximate surface area is 169 Å². The second-order valence-electron chi connectivity index (χ2n) is 7.83. The quantitative estimate of drug-likeness (QED) is 0.531. The zero-order valence-electron chi connectivity index (χ0n) is 16.3. The van der Waals surface area contributed by atoms with Crippen LogP contribution in [0.5, 0.6) is 0 Å². The van der Waals surface area contributed by atoms with Crippen LogP contribution in [-0.2, 0) is 33.9 Å². The molecule has 1 heterocycles. The van der Waals surface area contributed by atoms with Gasteiger partial charge in [0.15, 0.2) is 0 Å². The largest absolute Gasteiger partial charge is 0.478 e. The van der Waals surface area contributed by atoms with E-state index in [2.05, 4.69) is 15.6 Å². The second kappa shape index (κ2) is 8.32. The molecular weight excluding hydrogens is 394 g/mol. The minimum absolute atomic E-state index is 0.0444. The molecular formula is C19H25N5O4S. The van der Waals surface area contributed by atoms with Crippen molar-refractivity contribution in [2.45, 2.75) is 32.2 Å². The van der Waals surface area contributed by atoms with Gasteiger partial charge in [0.1, 0.15) is 0 Å². The summed E-state index contributed by atoms with van der Waals surface area (Å²) in [6.07, 6.45) is 5.77. The third-order valence-electron chi connectivity index (χ3n) is 4.99. The van der Waals surface area contributed by atoms with E-state index < -0.39 is 15.7 Å². The minimum Gasteiger partial charge on any atom is -0.478 e. The Hall–Kier alpha value is -2.75. The Morgan fingerprint density at radius 2 is 2.14 bits per heavy atom. The summed E-state index contributed by atoms with van der Waals surface area (Å²) in [5.41, 5.74) is 1.50. The highest BCUT2D eigenvalue weighted by molar-refractivity contribution is 7.91. The van der Waals surface area contributed by atoms with Gasteiger partial charge in [0.25, 0.3) is 0 Å². The number of nitrogens with zero attached hydrogens (tertiary/aromatic N) is 3. The fraction of sp³-hybridized carbons (Fsp3) is 0.474. The maximum Gasteiger partial charge on any atom is 0.335 e. The summed E-state index contributed by atoms with van der Waals surface area (Å²) >= 11 is 0. The van der Waals surface area contributed by atoms with E-state index in [1.165, 1.54) is 18.4 Å². The zero-order valence-corrected chi connectivity index (χ0v) is 17.1. The van der Waals surface area contributed by atoms with Crippen LogP contribution in [0, 0.1) is 10.2 Å². The van der Waals surface area contributed by atoms with Crippen LogP contribution in [0.1, 0.15) is 34.5 Å². The van der Waals surface area contributed by atoms with Crippen molar-refractivity contribution in [2.24, 2.45) is 5.41 Å². The van der Waals surface area contributed by atoms with Gasteiger partial charge in [0.05, 0.1) is 17.7 Å². The molecule has 0 bridgehead atoms. The number of carboxylic acid groups (broad SMARTS) is 1. The normalized spacial score (nSPS) is 16.7. The number of nitrogens with one attached hydrogen (secondary N) is 2. The molecule has 3 N–H and O–H groups in total. The number of hydrogen-bond acceptors (Lipinski definition) is 6. The Morgan fingerprint density at radius 1 is 1.38 bits per heavy atom. The molecule has 1 aliphatic carbocycles. The van der Waals surface area contributed by atoms with Gasteiger partial charge in [-0.25, -0.2) is 4.79 Å². The van der Waals surface area contributed by atoms with Crippen LogP contribution in [-0.4, -0.2) is 54.7 Å². The lowest BCUT2D eigenvalue weighted by molar-refractivity contribution is -0.120. The molecule has 1 atom stereocenters. The molecule has 1 aliphatic rings. The molecule has 29 heavy (non-hydrogen) atoms. The van der Waals surface area contributed by atoms with Gasteiger partial charge < -0.3 is 10.4 Å². The van der Waals surface area contributed by atoms with Crippen molar-refractivity contribution in [3.8, 4) is 0 Å². The van der Waals surface area contributed by atoms with Crippen molar-refractivity contribution >= 4 is 21.6 Å². The molecule has 156 valence electrons. The van der Waals surface area contributed by atoms with E-state index in [9.17, 15) is 13.8 Å². The molecule has 0 saturated heterocycles. The van der Waals surface area contributed by atoms with Crippen molar-refractivity contribution < 1.29 is 18.9 Å². The predicted molar refractivity (Wildman–Crippen MR) is 107 cm³/mol. The molecule has 1 amide bonds. The number of carbonyl (C=O) groups is 2. The van der Waals surface area contributed by atoms with Crippen molar-refractivity contribution in [3.05, 3.63) is 47.3 Å². The number of amides is 1. The van der Waals surface area contributed by atoms with Crippen molar-refractivity contribution in [1.29, 1.82) is 4.78 Å². The first kappa shape index (κ1) is 21.0. The van der Waals surface area contributed by atoms with Gasteiger partial charge >= 0.3 is 5.97 Å². The van der Waals surface area contributed by atoms with E-state index in [1.54, 1.807) is 16.8 Å². The van der Waals surface area contributed by atoms with Crippen LogP contribution >= 0.6 is 0 Å². The molecule has 1 aromatic carbocycles. The standard InChI is InChI=1S/C19H25N5O4S/c1-29(20,28)8-5-16-11-24(23-22-16)13-19(6-7-19)12-21-17(25)10-14-3-2-4-15(9-14)18(26)27/h2-4,9,11,20H,5-8,10,12-13H2,1H3,(H,21,25)(H,26,27). The number of aryl methyl sites for hydroxylation is 1. The van der Waals surface area contributed by atoms with Crippen LogP contribution in [0.15, 0.2) is 30.5 Å². The molecule has 10 heteroatoms. The zero-order chi connectivity index (χ0) is 21.1. The average molecular weight is 420 g/mol. The molecule has 0 spiro atoms. The Morgan fingerprint density at radius 3 is 2.79 bits per heavy atom. The number of aromatic carboxylic acids is 1. The summed E-state index contributed by atoms with van der Waals surface area (Å²) in [6, 6.07) is 6.38. The monoisotopic (exact) mass is 419 g/mol. The topological polar surface area (TPSA) is 138 Å². The van der Waals surface area contributed by atoms with Crippen LogP contribution < -0.4 is 5.32 Å². The third-order valence-corrected chi connectivity index (χ3v) is 5.97. The Balaban J connectivity index is 1.49. The highest BCUT2D eigenvalue weighted by Gasteiger charge is 2.43. The number of aromatic nitrogens is 3. The van der Waals surface area contributed by atoms with E-state index in [1.807, 2.05) is 6.20 Å². The summed E-state index contributed by atoms with van der Waals surface area (Å²) in [7, 11) is -2.54. The Bertz CT molecular complexity index is 1010. The molecule has 0 aliphatic heterocycles.